The van der Waals surface area contributed by atoms with Gasteiger partial charge in [-0.1, -0.05) is 38.5 Å². The molecule has 116 valence electrons. The number of carbonyl (C=O) groups excluding carboxylic acids is 2. The molecule has 1 fully saturated rings. The van der Waals surface area contributed by atoms with Crippen LogP contribution in [0.2, 0.25) is 0 Å². The number of amides is 2. The van der Waals surface area contributed by atoms with Crippen LogP contribution in [0.25, 0.3) is 0 Å². The summed E-state index contributed by atoms with van der Waals surface area (Å²) in [5.74, 6) is 0.0968. The third-order valence-electron chi connectivity index (χ3n) is 4.02. The Labute approximate surface area is 123 Å². The summed E-state index contributed by atoms with van der Waals surface area (Å²) in [5.41, 5.74) is 5.09. The predicted octanol–water partition coefficient (Wildman–Crippen LogP) is 3.00. The molecule has 0 unspecified atom stereocenters. The predicted molar refractivity (Wildman–Crippen MR) is 81.2 cm³/mol. The van der Waals surface area contributed by atoms with E-state index in [1.54, 1.807) is 0 Å². The summed E-state index contributed by atoms with van der Waals surface area (Å²) in [6.45, 7) is 1.89. The molecule has 4 nitrogen and oxygen atoms in total. The van der Waals surface area contributed by atoms with Gasteiger partial charge >= 0.3 is 0 Å². The van der Waals surface area contributed by atoms with Gasteiger partial charge in [-0.25, -0.2) is 0 Å². The zero-order valence-electron chi connectivity index (χ0n) is 12.7. The molecule has 1 rings (SSSR count). The van der Waals surface area contributed by atoms with Crippen LogP contribution in [0.3, 0.4) is 0 Å². The summed E-state index contributed by atoms with van der Waals surface area (Å²) in [6.07, 6.45) is 12.4. The highest BCUT2D eigenvalue weighted by Crippen LogP contribution is 2.13. The number of hydrogen-bond acceptors (Lipinski definition) is 2. The van der Waals surface area contributed by atoms with Crippen molar-refractivity contribution in [2.24, 2.45) is 5.73 Å². The van der Waals surface area contributed by atoms with E-state index in [1.165, 1.54) is 25.7 Å². The summed E-state index contributed by atoms with van der Waals surface area (Å²) >= 11 is 0. The van der Waals surface area contributed by atoms with Crippen molar-refractivity contribution in [3.8, 4) is 0 Å². The fourth-order valence-corrected chi connectivity index (χ4v) is 2.76. The Balaban J connectivity index is 2.11. The third-order valence-corrected chi connectivity index (χ3v) is 4.02. The fourth-order valence-electron chi connectivity index (χ4n) is 2.76. The van der Waals surface area contributed by atoms with Crippen molar-refractivity contribution >= 4 is 11.8 Å². The lowest BCUT2D eigenvalue weighted by molar-refractivity contribution is -0.131. The fraction of sp³-hybridized carbons (Fsp3) is 0.875. The molecule has 2 amide bonds. The molecule has 0 aromatic carbocycles. The molecule has 1 aliphatic heterocycles. The zero-order chi connectivity index (χ0) is 14.6. The van der Waals surface area contributed by atoms with Crippen molar-refractivity contribution in [1.29, 1.82) is 0 Å². The van der Waals surface area contributed by atoms with Crippen LogP contribution in [0.1, 0.15) is 77.0 Å². The van der Waals surface area contributed by atoms with Crippen molar-refractivity contribution in [1.82, 2.24) is 4.90 Å². The third kappa shape index (κ3) is 8.18. The molecular weight excluding hydrogens is 252 g/mol. The quantitative estimate of drug-likeness (QED) is 0.730. The first-order valence-corrected chi connectivity index (χ1v) is 8.26. The van der Waals surface area contributed by atoms with E-state index in [4.69, 9.17) is 5.73 Å². The molecule has 1 heterocycles. The number of rotatable bonds is 7. The van der Waals surface area contributed by atoms with E-state index in [1.807, 2.05) is 0 Å². The van der Waals surface area contributed by atoms with Gasteiger partial charge in [-0.05, 0) is 25.7 Å². The number of primary amides is 1. The Morgan fingerprint density at radius 3 is 1.80 bits per heavy atom. The van der Waals surface area contributed by atoms with E-state index in [0.717, 1.165) is 51.6 Å². The van der Waals surface area contributed by atoms with E-state index in [9.17, 15) is 9.59 Å². The minimum Gasteiger partial charge on any atom is -0.370 e. The van der Waals surface area contributed by atoms with Gasteiger partial charge in [0.2, 0.25) is 11.8 Å². The largest absolute Gasteiger partial charge is 0.370 e. The molecule has 0 radical (unpaired) electrons. The zero-order valence-corrected chi connectivity index (χ0v) is 12.7. The Hall–Kier alpha value is -1.06. The number of nitrogens with zero attached hydrogens (tertiary/aromatic N) is 1. The Morgan fingerprint density at radius 2 is 1.25 bits per heavy atom. The molecule has 20 heavy (non-hydrogen) atoms. The number of nitrogens with two attached hydrogens (primary N) is 1. The molecule has 0 aromatic heterocycles. The molecular formula is C16H30N2O2. The van der Waals surface area contributed by atoms with Gasteiger partial charge in [0.25, 0.3) is 0 Å². The lowest BCUT2D eigenvalue weighted by Crippen LogP contribution is -2.32. The molecule has 0 atom stereocenters. The SMILES string of the molecule is NC(=O)CCCCCCC(=O)N1CCCCCCCC1. The molecule has 0 aromatic rings. The van der Waals surface area contributed by atoms with Crippen LogP contribution in [-0.4, -0.2) is 29.8 Å². The second-order valence-electron chi connectivity index (χ2n) is 5.88. The van der Waals surface area contributed by atoms with E-state index >= 15 is 0 Å². The second-order valence-corrected chi connectivity index (χ2v) is 5.88. The van der Waals surface area contributed by atoms with Gasteiger partial charge in [0.1, 0.15) is 0 Å². The van der Waals surface area contributed by atoms with Gasteiger partial charge in [-0.2, -0.15) is 0 Å². The van der Waals surface area contributed by atoms with Gasteiger partial charge in [-0.15, -0.1) is 0 Å². The van der Waals surface area contributed by atoms with Crippen molar-refractivity contribution in [2.75, 3.05) is 13.1 Å². The minimum absolute atomic E-state index is 0.224. The highest BCUT2D eigenvalue weighted by atomic mass is 16.2. The molecule has 0 saturated carbocycles. The van der Waals surface area contributed by atoms with Crippen LogP contribution in [0, 0.1) is 0 Å². The van der Waals surface area contributed by atoms with Crippen molar-refractivity contribution in [3.63, 3.8) is 0 Å². The van der Waals surface area contributed by atoms with Gasteiger partial charge in [-0.3, -0.25) is 9.59 Å². The second kappa shape index (κ2) is 10.7. The lowest BCUT2D eigenvalue weighted by Gasteiger charge is -2.22. The van der Waals surface area contributed by atoms with Gasteiger partial charge in [0.05, 0.1) is 0 Å². The number of unbranched alkanes of at least 4 members (excludes halogenated alkanes) is 3. The van der Waals surface area contributed by atoms with Crippen molar-refractivity contribution in [3.05, 3.63) is 0 Å². The molecule has 0 bridgehead atoms. The minimum atomic E-state index is -0.224. The van der Waals surface area contributed by atoms with E-state index in [0.29, 0.717) is 18.7 Å². The summed E-state index contributed by atoms with van der Waals surface area (Å²) in [4.78, 5) is 24.8. The summed E-state index contributed by atoms with van der Waals surface area (Å²) < 4.78 is 0. The van der Waals surface area contributed by atoms with Crippen LogP contribution < -0.4 is 5.73 Å². The summed E-state index contributed by atoms with van der Waals surface area (Å²) in [6, 6.07) is 0. The molecule has 0 aliphatic carbocycles. The van der Waals surface area contributed by atoms with Crippen molar-refractivity contribution in [2.45, 2.75) is 77.0 Å². The van der Waals surface area contributed by atoms with E-state index < -0.39 is 0 Å². The van der Waals surface area contributed by atoms with Crippen LogP contribution >= 0.6 is 0 Å². The number of hydrogen-bond donors (Lipinski definition) is 1. The van der Waals surface area contributed by atoms with Crippen LogP contribution in [-0.2, 0) is 9.59 Å². The van der Waals surface area contributed by atoms with Gasteiger partial charge in [0.15, 0.2) is 0 Å². The standard InChI is InChI=1S/C16H30N2O2/c17-15(19)11-7-3-4-8-12-16(20)18-13-9-5-1-2-6-10-14-18/h1-14H2,(H2,17,19). The van der Waals surface area contributed by atoms with Gasteiger partial charge < -0.3 is 10.6 Å². The average Bonchev–Trinajstić information content (AvgIpc) is 2.55. The Bertz CT molecular complexity index is 282. The molecule has 1 aliphatic rings. The van der Waals surface area contributed by atoms with Crippen LogP contribution in [0.4, 0.5) is 0 Å². The highest BCUT2D eigenvalue weighted by molar-refractivity contribution is 5.76. The lowest BCUT2D eigenvalue weighted by atomic mass is 10.1. The van der Waals surface area contributed by atoms with Gasteiger partial charge in [0, 0.05) is 25.9 Å². The normalized spacial score (nSPS) is 17.1. The van der Waals surface area contributed by atoms with Crippen LogP contribution in [0.15, 0.2) is 0 Å². The molecule has 0 spiro atoms. The smallest absolute Gasteiger partial charge is 0.222 e. The number of carbonyl (C=O) groups is 2. The van der Waals surface area contributed by atoms with Crippen molar-refractivity contribution < 1.29 is 9.59 Å². The Morgan fingerprint density at radius 1 is 0.750 bits per heavy atom. The highest BCUT2D eigenvalue weighted by Gasteiger charge is 2.13. The first-order valence-electron chi connectivity index (χ1n) is 8.26. The molecule has 2 N–H and O–H groups in total. The summed E-state index contributed by atoms with van der Waals surface area (Å²) in [5, 5.41) is 0. The maximum Gasteiger partial charge on any atom is 0.222 e. The monoisotopic (exact) mass is 282 g/mol. The van der Waals surface area contributed by atoms with Crippen LogP contribution in [0.5, 0.6) is 0 Å². The maximum atomic E-state index is 12.2. The summed E-state index contributed by atoms with van der Waals surface area (Å²) in [7, 11) is 0. The molecule has 1 saturated heterocycles. The first-order chi connectivity index (χ1) is 9.70. The van der Waals surface area contributed by atoms with E-state index in [2.05, 4.69) is 4.90 Å². The maximum absolute atomic E-state index is 12.2. The van der Waals surface area contributed by atoms with E-state index in [-0.39, 0.29) is 5.91 Å². The average molecular weight is 282 g/mol. The molecule has 4 heteroatoms. The topological polar surface area (TPSA) is 63.4 Å². The first kappa shape index (κ1) is 17.0. The Kier molecular flexibility index (Phi) is 9.09.